The van der Waals surface area contributed by atoms with Gasteiger partial charge in [0.2, 0.25) is 11.8 Å². The van der Waals surface area contributed by atoms with Crippen LogP contribution in [0.3, 0.4) is 0 Å². The Balaban J connectivity index is 1.56. The molecule has 1 aliphatic rings. The average molecular weight is 658 g/mol. The lowest BCUT2D eigenvalue weighted by Crippen LogP contribution is -2.54. The van der Waals surface area contributed by atoms with Gasteiger partial charge >= 0.3 is 0 Å². The van der Waals surface area contributed by atoms with Gasteiger partial charge < -0.3 is 10.2 Å². The highest BCUT2D eigenvalue weighted by molar-refractivity contribution is 7.92. The summed E-state index contributed by atoms with van der Waals surface area (Å²) < 4.78 is 29.4. The van der Waals surface area contributed by atoms with E-state index in [1.54, 1.807) is 48.5 Å². The van der Waals surface area contributed by atoms with E-state index < -0.39 is 28.5 Å². The molecule has 0 saturated heterocycles. The zero-order valence-electron chi connectivity index (χ0n) is 26.0. The largest absolute Gasteiger partial charge is 0.352 e. The van der Waals surface area contributed by atoms with Crippen molar-refractivity contribution < 1.29 is 18.0 Å². The van der Waals surface area contributed by atoms with Crippen molar-refractivity contribution in [2.24, 2.45) is 0 Å². The minimum Gasteiger partial charge on any atom is -0.352 e. The summed E-state index contributed by atoms with van der Waals surface area (Å²) in [6, 6.07) is 31.1. The molecule has 4 aromatic carbocycles. The number of carbonyl (C=O) groups excluding carboxylic acids is 2. The number of rotatable bonds is 13. The van der Waals surface area contributed by atoms with Crippen LogP contribution in [0.25, 0.3) is 0 Å². The molecular weight excluding hydrogens is 618 g/mol. The Morgan fingerprint density at radius 1 is 0.826 bits per heavy atom. The van der Waals surface area contributed by atoms with Crippen molar-refractivity contribution in [3.05, 3.63) is 131 Å². The van der Waals surface area contributed by atoms with E-state index >= 15 is 0 Å². The fraction of sp³-hybridized carbons (Fsp3) is 0.297. The molecule has 1 saturated carbocycles. The van der Waals surface area contributed by atoms with Crippen LogP contribution >= 0.6 is 11.6 Å². The molecule has 7 nitrogen and oxygen atoms in total. The molecule has 0 heterocycles. The van der Waals surface area contributed by atoms with E-state index in [4.69, 9.17) is 11.6 Å². The summed E-state index contributed by atoms with van der Waals surface area (Å²) in [6.07, 6.45) is 4.93. The van der Waals surface area contributed by atoms with Crippen molar-refractivity contribution >= 4 is 39.1 Å². The van der Waals surface area contributed by atoms with Crippen LogP contribution in [-0.2, 0) is 39.0 Å². The molecule has 2 amide bonds. The maximum Gasteiger partial charge on any atom is 0.264 e. The number of nitrogens with one attached hydrogen (secondary N) is 1. The van der Waals surface area contributed by atoms with E-state index in [1.807, 2.05) is 55.5 Å². The molecule has 4 aromatic rings. The second-order valence-corrected chi connectivity index (χ2v) is 14.0. The van der Waals surface area contributed by atoms with Crippen molar-refractivity contribution in [2.75, 3.05) is 10.8 Å². The maximum atomic E-state index is 14.6. The summed E-state index contributed by atoms with van der Waals surface area (Å²) in [5, 5.41) is 3.70. The standard InChI is InChI=1S/C37H40ClN3O4S/c1-2-28-20-22-33(23-21-28)41(46(44,45)34-18-7-4-8-19-34)27-36(42)40(26-30-14-11-15-31(38)24-30)35(25-29-12-5-3-6-13-29)37(43)39-32-16-9-10-17-32/h3-8,11-15,18-24,32,35H,2,9-10,16-17,25-27H2,1H3,(H,39,43). The Labute approximate surface area is 277 Å². The van der Waals surface area contributed by atoms with Crippen LogP contribution in [0.2, 0.25) is 5.02 Å². The minimum atomic E-state index is -4.14. The van der Waals surface area contributed by atoms with Gasteiger partial charge in [0.1, 0.15) is 12.6 Å². The molecule has 1 fully saturated rings. The van der Waals surface area contributed by atoms with Gasteiger partial charge in [-0.15, -0.1) is 0 Å². The summed E-state index contributed by atoms with van der Waals surface area (Å²) in [7, 11) is -4.14. The van der Waals surface area contributed by atoms with Crippen LogP contribution in [0, 0.1) is 0 Å². The summed E-state index contributed by atoms with van der Waals surface area (Å²) >= 11 is 6.34. The monoisotopic (exact) mass is 657 g/mol. The number of halogens is 1. The molecule has 0 aromatic heterocycles. The zero-order valence-corrected chi connectivity index (χ0v) is 27.6. The number of hydrogen-bond acceptors (Lipinski definition) is 4. The number of amides is 2. The predicted molar refractivity (Wildman–Crippen MR) is 183 cm³/mol. The lowest BCUT2D eigenvalue weighted by molar-refractivity contribution is -0.140. The first-order valence-electron chi connectivity index (χ1n) is 15.8. The van der Waals surface area contributed by atoms with Gasteiger partial charge in [-0.2, -0.15) is 0 Å². The molecule has 46 heavy (non-hydrogen) atoms. The van der Waals surface area contributed by atoms with Crippen LogP contribution < -0.4 is 9.62 Å². The van der Waals surface area contributed by atoms with E-state index in [2.05, 4.69) is 5.32 Å². The van der Waals surface area contributed by atoms with E-state index in [1.165, 1.54) is 17.0 Å². The first-order valence-corrected chi connectivity index (χ1v) is 17.6. The van der Waals surface area contributed by atoms with Gasteiger partial charge in [-0.1, -0.05) is 104 Å². The van der Waals surface area contributed by atoms with Crippen LogP contribution in [0.4, 0.5) is 5.69 Å². The highest BCUT2D eigenvalue weighted by atomic mass is 35.5. The summed E-state index contributed by atoms with van der Waals surface area (Å²) in [5.41, 5.74) is 3.03. The molecule has 0 bridgehead atoms. The Kier molecular flexibility index (Phi) is 11.1. The van der Waals surface area contributed by atoms with Crippen molar-refractivity contribution in [2.45, 2.75) is 69.0 Å². The van der Waals surface area contributed by atoms with E-state index in [-0.39, 0.29) is 29.8 Å². The third-order valence-electron chi connectivity index (χ3n) is 8.46. The second-order valence-electron chi connectivity index (χ2n) is 11.7. The molecule has 9 heteroatoms. The molecule has 1 aliphatic carbocycles. The van der Waals surface area contributed by atoms with E-state index in [0.29, 0.717) is 10.7 Å². The minimum absolute atomic E-state index is 0.0425. The fourth-order valence-corrected chi connectivity index (χ4v) is 7.55. The van der Waals surface area contributed by atoms with Gasteiger partial charge in [0, 0.05) is 24.0 Å². The van der Waals surface area contributed by atoms with Crippen molar-refractivity contribution in [3.8, 4) is 0 Å². The Hall–Kier alpha value is -4.14. The molecular formula is C37H40ClN3O4S. The molecule has 1 N–H and O–H groups in total. The number of hydrogen-bond donors (Lipinski definition) is 1. The lowest BCUT2D eigenvalue weighted by Gasteiger charge is -2.34. The summed E-state index contributed by atoms with van der Waals surface area (Å²) in [6.45, 7) is 1.60. The van der Waals surface area contributed by atoms with Gasteiger partial charge in [-0.25, -0.2) is 8.42 Å². The molecule has 0 spiro atoms. The summed E-state index contributed by atoms with van der Waals surface area (Å²) in [5.74, 6) is -0.752. The van der Waals surface area contributed by atoms with Gasteiger partial charge in [0.25, 0.3) is 10.0 Å². The van der Waals surface area contributed by atoms with Crippen LogP contribution in [0.1, 0.15) is 49.3 Å². The third kappa shape index (κ3) is 8.36. The SMILES string of the molecule is CCc1ccc(N(CC(=O)N(Cc2cccc(Cl)c2)C(Cc2ccccc2)C(=O)NC2CCCC2)S(=O)(=O)c2ccccc2)cc1. The molecule has 240 valence electrons. The van der Waals surface area contributed by atoms with Crippen molar-refractivity contribution in [1.82, 2.24) is 10.2 Å². The third-order valence-corrected chi connectivity index (χ3v) is 10.5. The number of sulfonamides is 1. The Morgan fingerprint density at radius 2 is 1.46 bits per heavy atom. The zero-order chi connectivity index (χ0) is 32.5. The summed E-state index contributed by atoms with van der Waals surface area (Å²) in [4.78, 5) is 30.3. The van der Waals surface area contributed by atoms with Crippen molar-refractivity contribution in [3.63, 3.8) is 0 Å². The first kappa shape index (κ1) is 33.2. The van der Waals surface area contributed by atoms with Gasteiger partial charge in [-0.05, 0) is 72.4 Å². The van der Waals surface area contributed by atoms with E-state index in [9.17, 15) is 18.0 Å². The normalized spacial score (nSPS) is 14.0. The molecule has 5 rings (SSSR count). The molecule has 1 atom stereocenters. The van der Waals surface area contributed by atoms with E-state index in [0.717, 1.165) is 53.1 Å². The maximum absolute atomic E-state index is 14.6. The topological polar surface area (TPSA) is 86.8 Å². The highest BCUT2D eigenvalue weighted by Crippen LogP contribution is 2.26. The van der Waals surface area contributed by atoms with Crippen LogP contribution in [0.5, 0.6) is 0 Å². The smallest absolute Gasteiger partial charge is 0.264 e. The predicted octanol–water partition coefficient (Wildman–Crippen LogP) is 6.80. The Morgan fingerprint density at radius 3 is 2.09 bits per heavy atom. The van der Waals surface area contributed by atoms with Gasteiger partial charge in [0.05, 0.1) is 10.6 Å². The van der Waals surface area contributed by atoms with Crippen LogP contribution in [0.15, 0.2) is 114 Å². The quantitative estimate of drug-likeness (QED) is 0.171. The first-order chi connectivity index (χ1) is 22.2. The number of aryl methyl sites for hydroxylation is 1. The number of carbonyl (C=O) groups is 2. The number of anilines is 1. The molecule has 0 radical (unpaired) electrons. The number of nitrogens with zero attached hydrogens (tertiary/aromatic N) is 2. The van der Waals surface area contributed by atoms with Gasteiger partial charge in [-0.3, -0.25) is 13.9 Å². The van der Waals surface area contributed by atoms with Crippen LogP contribution in [-0.4, -0.2) is 43.8 Å². The average Bonchev–Trinajstić information content (AvgIpc) is 3.59. The second kappa shape index (κ2) is 15.4. The Bertz CT molecular complexity index is 1710. The lowest BCUT2D eigenvalue weighted by atomic mass is 10.0. The van der Waals surface area contributed by atoms with Crippen molar-refractivity contribution in [1.29, 1.82) is 0 Å². The highest BCUT2D eigenvalue weighted by Gasteiger charge is 2.35. The number of benzene rings is 4. The van der Waals surface area contributed by atoms with Gasteiger partial charge in [0.15, 0.2) is 0 Å². The molecule has 0 aliphatic heterocycles. The molecule has 1 unspecified atom stereocenters. The fourth-order valence-electron chi connectivity index (χ4n) is 5.90.